The van der Waals surface area contributed by atoms with Crippen LogP contribution in [0.3, 0.4) is 0 Å². The number of rotatable bonds is 8. The molecule has 3 heteroatoms. The standard InChI is InChI=1S/C14H23ClN2/c1-12(2)11-17-10-9-16-8-7-13-3-5-14(15)6-4-13/h3-6,12,16-17H,7-11H2,1-2H3. The maximum absolute atomic E-state index is 5.83. The van der Waals surface area contributed by atoms with Gasteiger partial charge >= 0.3 is 0 Å². The Morgan fingerprint density at radius 2 is 1.65 bits per heavy atom. The van der Waals surface area contributed by atoms with E-state index in [0.29, 0.717) is 0 Å². The Hall–Kier alpha value is -0.570. The van der Waals surface area contributed by atoms with Gasteiger partial charge in [-0.2, -0.15) is 0 Å². The molecule has 0 aliphatic rings. The van der Waals surface area contributed by atoms with Gasteiger partial charge in [-0.25, -0.2) is 0 Å². The second-order valence-electron chi connectivity index (χ2n) is 4.72. The summed E-state index contributed by atoms with van der Waals surface area (Å²) < 4.78 is 0. The Bertz CT molecular complexity index is 296. The van der Waals surface area contributed by atoms with E-state index in [0.717, 1.165) is 43.5 Å². The van der Waals surface area contributed by atoms with Gasteiger partial charge in [0, 0.05) is 18.1 Å². The lowest BCUT2D eigenvalue weighted by atomic mass is 10.1. The van der Waals surface area contributed by atoms with Crippen LogP contribution >= 0.6 is 11.6 Å². The Morgan fingerprint density at radius 3 is 2.29 bits per heavy atom. The fourth-order valence-electron chi connectivity index (χ4n) is 1.58. The van der Waals surface area contributed by atoms with Crippen molar-refractivity contribution in [2.45, 2.75) is 20.3 Å². The molecule has 0 heterocycles. The predicted octanol–water partition coefficient (Wildman–Crippen LogP) is 2.72. The van der Waals surface area contributed by atoms with Crippen LogP contribution in [0.4, 0.5) is 0 Å². The van der Waals surface area contributed by atoms with Gasteiger partial charge in [0.25, 0.3) is 0 Å². The zero-order chi connectivity index (χ0) is 12.5. The highest BCUT2D eigenvalue weighted by molar-refractivity contribution is 6.30. The van der Waals surface area contributed by atoms with Crippen molar-refractivity contribution in [2.75, 3.05) is 26.2 Å². The molecule has 1 aromatic rings. The summed E-state index contributed by atoms with van der Waals surface area (Å²) in [5.41, 5.74) is 1.33. The Balaban J connectivity index is 1.99. The quantitative estimate of drug-likeness (QED) is 0.697. The van der Waals surface area contributed by atoms with Crippen LogP contribution in [0.1, 0.15) is 19.4 Å². The van der Waals surface area contributed by atoms with Crippen LogP contribution in [0, 0.1) is 5.92 Å². The Morgan fingerprint density at radius 1 is 1.00 bits per heavy atom. The number of hydrogen-bond donors (Lipinski definition) is 2. The van der Waals surface area contributed by atoms with Gasteiger partial charge in [0.15, 0.2) is 0 Å². The molecule has 1 aromatic carbocycles. The molecule has 0 aromatic heterocycles. The van der Waals surface area contributed by atoms with E-state index < -0.39 is 0 Å². The number of hydrogen-bond acceptors (Lipinski definition) is 2. The van der Waals surface area contributed by atoms with E-state index in [1.807, 2.05) is 12.1 Å². The summed E-state index contributed by atoms with van der Waals surface area (Å²) in [5.74, 6) is 0.726. The van der Waals surface area contributed by atoms with Gasteiger partial charge in [-0.15, -0.1) is 0 Å². The summed E-state index contributed by atoms with van der Waals surface area (Å²) in [4.78, 5) is 0. The maximum Gasteiger partial charge on any atom is 0.0406 e. The molecule has 0 spiro atoms. The Kier molecular flexibility index (Phi) is 7.25. The fourth-order valence-corrected chi connectivity index (χ4v) is 1.70. The van der Waals surface area contributed by atoms with E-state index >= 15 is 0 Å². The van der Waals surface area contributed by atoms with Crippen molar-refractivity contribution in [2.24, 2.45) is 5.92 Å². The smallest absolute Gasteiger partial charge is 0.0406 e. The largest absolute Gasteiger partial charge is 0.315 e. The summed E-state index contributed by atoms with van der Waals surface area (Å²) in [6.07, 6.45) is 1.06. The van der Waals surface area contributed by atoms with Crippen LogP contribution in [0.15, 0.2) is 24.3 Å². The van der Waals surface area contributed by atoms with Crippen molar-refractivity contribution in [3.8, 4) is 0 Å². The van der Waals surface area contributed by atoms with Crippen molar-refractivity contribution in [1.82, 2.24) is 10.6 Å². The molecule has 2 nitrogen and oxygen atoms in total. The average Bonchev–Trinajstić information content (AvgIpc) is 2.30. The lowest BCUT2D eigenvalue weighted by Crippen LogP contribution is -2.30. The molecule has 2 N–H and O–H groups in total. The van der Waals surface area contributed by atoms with E-state index in [-0.39, 0.29) is 0 Å². The highest BCUT2D eigenvalue weighted by Crippen LogP contribution is 2.09. The summed E-state index contributed by atoms with van der Waals surface area (Å²) in [6, 6.07) is 8.06. The Labute approximate surface area is 110 Å². The summed E-state index contributed by atoms with van der Waals surface area (Å²) in [6.45, 7) is 8.63. The van der Waals surface area contributed by atoms with Gasteiger partial charge in [0.05, 0.1) is 0 Å². The van der Waals surface area contributed by atoms with E-state index in [1.165, 1.54) is 5.56 Å². The van der Waals surface area contributed by atoms with Crippen LogP contribution in [-0.2, 0) is 6.42 Å². The maximum atomic E-state index is 5.83. The minimum absolute atomic E-state index is 0.726. The second kappa shape index (κ2) is 8.51. The highest BCUT2D eigenvalue weighted by atomic mass is 35.5. The fraction of sp³-hybridized carbons (Fsp3) is 0.571. The topological polar surface area (TPSA) is 24.1 Å². The third kappa shape index (κ3) is 7.37. The van der Waals surface area contributed by atoms with E-state index in [2.05, 4.69) is 36.6 Å². The summed E-state index contributed by atoms with van der Waals surface area (Å²) >= 11 is 5.83. The van der Waals surface area contributed by atoms with Crippen LogP contribution < -0.4 is 10.6 Å². The molecule has 0 saturated carbocycles. The van der Waals surface area contributed by atoms with Crippen LogP contribution in [0.5, 0.6) is 0 Å². The lowest BCUT2D eigenvalue weighted by Gasteiger charge is -2.08. The SMILES string of the molecule is CC(C)CNCCNCCc1ccc(Cl)cc1. The first-order chi connectivity index (χ1) is 8.18. The minimum Gasteiger partial charge on any atom is -0.315 e. The molecule has 17 heavy (non-hydrogen) atoms. The van der Waals surface area contributed by atoms with Gasteiger partial charge in [0.2, 0.25) is 0 Å². The number of halogens is 1. The van der Waals surface area contributed by atoms with Gasteiger partial charge in [-0.05, 0) is 43.1 Å². The van der Waals surface area contributed by atoms with Crippen LogP contribution in [0.25, 0.3) is 0 Å². The van der Waals surface area contributed by atoms with Crippen molar-refractivity contribution >= 4 is 11.6 Å². The molecule has 0 aliphatic carbocycles. The molecule has 0 fully saturated rings. The lowest BCUT2D eigenvalue weighted by molar-refractivity contribution is 0.536. The zero-order valence-corrected chi connectivity index (χ0v) is 11.6. The van der Waals surface area contributed by atoms with Gasteiger partial charge in [-0.3, -0.25) is 0 Å². The highest BCUT2D eigenvalue weighted by Gasteiger charge is 1.94. The molecule has 0 amide bonds. The normalized spacial score (nSPS) is 11.1. The van der Waals surface area contributed by atoms with E-state index in [1.54, 1.807) is 0 Å². The minimum atomic E-state index is 0.726. The van der Waals surface area contributed by atoms with Crippen molar-refractivity contribution in [3.05, 3.63) is 34.9 Å². The number of benzene rings is 1. The second-order valence-corrected chi connectivity index (χ2v) is 5.16. The molecule has 0 bridgehead atoms. The average molecular weight is 255 g/mol. The van der Waals surface area contributed by atoms with Crippen LogP contribution in [-0.4, -0.2) is 26.2 Å². The monoisotopic (exact) mass is 254 g/mol. The molecule has 0 atom stereocenters. The molecular formula is C14H23ClN2. The molecule has 0 saturated heterocycles. The predicted molar refractivity (Wildman–Crippen MR) is 75.7 cm³/mol. The molecular weight excluding hydrogens is 232 g/mol. The summed E-state index contributed by atoms with van der Waals surface area (Å²) in [7, 11) is 0. The number of nitrogens with one attached hydrogen (secondary N) is 2. The van der Waals surface area contributed by atoms with Gasteiger partial charge in [-0.1, -0.05) is 37.6 Å². The van der Waals surface area contributed by atoms with Crippen LogP contribution in [0.2, 0.25) is 5.02 Å². The van der Waals surface area contributed by atoms with E-state index in [9.17, 15) is 0 Å². The molecule has 0 aliphatic heterocycles. The van der Waals surface area contributed by atoms with E-state index in [4.69, 9.17) is 11.6 Å². The molecule has 1 rings (SSSR count). The first kappa shape index (κ1) is 14.5. The molecule has 96 valence electrons. The van der Waals surface area contributed by atoms with Crippen molar-refractivity contribution < 1.29 is 0 Å². The molecule has 0 radical (unpaired) electrons. The van der Waals surface area contributed by atoms with Crippen molar-refractivity contribution in [3.63, 3.8) is 0 Å². The first-order valence-corrected chi connectivity index (χ1v) is 6.72. The zero-order valence-electron chi connectivity index (χ0n) is 10.8. The third-order valence-corrected chi connectivity index (χ3v) is 2.79. The summed E-state index contributed by atoms with van der Waals surface area (Å²) in [5, 5.41) is 7.64. The van der Waals surface area contributed by atoms with Gasteiger partial charge in [0.1, 0.15) is 0 Å². The third-order valence-electron chi connectivity index (χ3n) is 2.53. The van der Waals surface area contributed by atoms with Crippen molar-refractivity contribution in [1.29, 1.82) is 0 Å². The first-order valence-electron chi connectivity index (χ1n) is 6.34. The van der Waals surface area contributed by atoms with Gasteiger partial charge < -0.3 is 10.6 Å². The molecule has 0 unspecified atom stereocenters.